The van der Waals surface area contributed by atoms with Crippen LogP contribution in [0, 0.1) is 11.2 Å². The maximum Gasteiger partial charge on any atom is 0.156 e. The normalized spacial score (nSPS) is 10.1. The van der Waals surface area contributed by atoms with Crippen molar-refractivity contribution in [1.82, 2.24) is 4.98 Å². The number of nitrogens with two attached hydrogens (primary N) is 1. The number of nitrogens with one attached hydrogen (secondary N) is 1. The molecule has 0 unspecified atom stereocenters. The number of halogens is 2. The molecule has 0 fully saturated rings. The fourth-order valence-electron chi connectivity index (χ4n) is 1.35. The molecule has 3 N–H and O–H groups in total. The summed E-state index contributed by atoms with van der Waals surface area (Å²) >= 11 is 5.64. The Kier molecular flexibility index (Phi) is 3.43. The number of benzene rings is 1. The van der Waals surface area contributed by atoms with Gasteiger partial charge in [-0.2, -0.15) is 0 Å². The van der Waals surface area contributed by atoms with Crippen LogP contribution in [-0.2, 0) is 0 Å². The average Bonchev–Trinajstić information content (AvgIpc) is 2.34. The van der Waals surface area contributed by atoms with Gasteiger partial charge in [0.25, 0.3) is 0 Å². The fourth-order valence-corrected chi connectivity index (χ4v) is 1.52. The lowest BCUT2D eigenvalue weighted by atomic mass is 10.2. The highest BCUT2D eigenvalue weighted by molar-refractivity contribution is 6.30. The number of nitrogen functional groups attached to an aromatic ring is 1. The molecule has 2 aromatic rings. The molecule has 1 heterocycles. The first-order valence-electron chi connectivity index (χ1n) is 4.99. The van der Waals surface area contributed by atoms with Crippen LogP contribution < -0.4 is 10.5 Å². The summed E-state index contributed by atoms with van der Waals surface area (Å²) in [5, 5.41) is 7.36. The van der Waals surface area contributed by atoms with Gasteiger partial charge < -0.3 is 10.5 Å². The van der Waals surface area contributed by atoms with Crippen LogP contribution in [-0.4, -0.2) is 10.8 Å². The molecule has 92 valence electrons. The molecule has 0 radical (unpaired) electrons. The van der Waals surface area contributed by atoms with E-state index in [1.165, 1.54) is 30.6 Å². The Morgan fingerprint density at radius 2 is 2.17 bits per heavy atom. The Labute approximate surface area is 108 Å². The van der Waals surface area contributed by atoms with E-state index in [9.17, 15) is 4.39 Å². The van der Waals surface area contributed by atoms with E-state index in [1.54, 1.807) is 6.07 Å². The van der Waals surface area contributed by atoms with E-state index in [1.807, 2.05) is 0 Å². The summed E-state index contributed by atoms with van der Waals surface area (Å²) < 4.78 is 18.5. The van der Waals surface area contributed by atoms with Crippen LogP contribution in [0.5, 0.6) is 11.5 Å². The molecule has 0 saturated carbocycles. The van der Waals surface area contributed by atoms with E-state index >= 15 is 0 Å². The summed E-state index contributed by atoms with van der Waals surface area (Å²) in [7, 11) is 0. The van der Waals surface area contributed by atoms with Crippen molar-refractivity contribution in [1.29, 1.82) is 5.41 Å². The highest BCUT2D eigenvalue weighted by Gasteiger charge is 2.08. The van der Waals surface area contributed by atoms with E-state index < -0.39 is 5.82 Å². The van der Waals surface area contributed by atoms with Gasteiger partial charge in [0.15, 0.2) is 5.75 Å². The average molecular weight is 266 g/mol. The van der Waals surface area contributed by atoms with Crippen LogP contribution >= 0.6 is 11.6 Å². The number of pyridine rings is 1. The van der Waals surface area contributed by atoms with E-state index in [-0.39, 0.29) is 10.9 Å². The Balaban J connectivity index is 2.34. The largest absolute Gasteiger partial charge is 0.455 e. The zero-order valence-corrected chi connectivity index (χ0v) is 9.91. The quantitative estimate of drug-likeness (QED) is 0.662. The van der Waals surface area contributed by atoms with E-state index in [0.717, 1.165) is 0 Å². The van der Waals surface area contributed by atoms with E-state index in [0.29, 0.717) is 17.1 Å². The molecule has 0 atom stereocenters. The molecule has 0 aliphatic heterocycles. The standard InChI is InChI=1S/C12H9ClFN3O/c13-9-5-7(1-2-10(9)14)18-11-6-17-4-3-8(11)12(15)16/h1-6H,(H3,15,16). The highest BCUT2D eigenvalue weighted by atomic mass is 35.5. The van der Waals surface area contributed by atoms with Crippen molar-refractivity contribution < 1.29 is 9.13 Å². The predicted molar refractivity (Wildman–Crippen MR) is 66.7 cm³/mol. The molecular weight excluding hydrogens is 257 g/mol. The van der Waals surface area contributed by atoms with Crippen LogP contribution in [0.2, 0.25) is 5.02 Å². The first-order chi connectivity index (χ1) is 8.58. The van der Waals surface area contributed by atoms with Crippen LogP contribution in [0.15, 0.2) is 36.7 Å². The zero-order valence-electron chi connectivity index (χ0n) is 9.15. The number of nitrogens with zero attached hydrogens (tertiary/aromatic N) is 1. The van der Waals surface area contributed by atoms with Gasteiger partial charge in [0.2, 0.25) is 0 Å². The topological polar surface area (TPSA) is 72.0 Å². The minimum absolute atomic E-state index is 0.0410. The Morgan fingerprint density at radius 3 is 2.83 bits per heavy atom. The number of hydrogen-bond donors (Lipinski definition) is 2. The predicted octanol–water partition coefficient (Wildman–Crippen LogP) is 2.95. The van der Waals surface area contributed by atoms with Crippen LogP contribution in [0.3, 0.4) is 0 Å². The molecule has 0 spiro atoms. The number of rotatable bonds is 3. The maximum atomic E-state index is 13.0. The van der Waals surface area contributed by atoms with Gasteiger partial charge in [-0.15, -0.1) is 0 Å². The third-order valence-electron chi connectivity index (χ3n) is 2.19. The minimum Gasteiger partial charge on any atom is -0.455 e. The van der Waals surface area contributed by atoms with Gasteiger partial charge in [-0.25, -0.2) is 4.39 Å². The van der Waals surface area contributed by atoms with Crippen molar-refractivity contribution in [3.63, 3.8) is 0 Å². The third-order valence-corrected chi connectivity index (χ3v) is 2.48. The van der Waals surface area contributed by atoms with Crippen molar-refractivity contribution >= 4 is 17.4 Å². The monoisotopic (exact) mass is 265 g/mol. The first-order valence-corrected chi connectivity index (χ1v) is 5.37. The molecule has 0 saturated heterocycles. The van der Waals surface area contributed by atoms with Gasteiger partial charge in [0.05, 0.1) is 16.8 Å². The summed E-state index contributed by atoms with van der Waals surface area (Å²) in [5.74, 6) is -0.00724. The molecule has 6 heteroatoms. The molecule has 0 aliphatic rings. The molecule has 0 amide bonds. The number of aromatic nitrogens is 1. The highest BCUT2D eigenvalue weighted by Crippen LogP contribution is 2.27. The second kappa shape index (κ2) is 5.01. The maximum absolute atomic E-state index is 13.0. The molecule has 0 bridgehead atoms. The zero-order chi connectivity index (χ0) is 13.1. The molecule has 18 heavy (non-hydrogen) atoms. The summed E-state index contributed by atoms with van der Waals surface area (Å²) in [6, 6.07) is 5.52. The van der Waals surface area contributed by atoms with E-state index in [4.69, 9.17) is 27.5 Å². The second-order valence-corrected chi connectivity index (χ2v) is 3.87. The van der Waals surface area contributed by atoms with Gasteiger partial charge in [0.1, 0.15) is 17.4 Å². The van der Waals surface area contributed by atoms with Crippen LogP contribution in [0.1, 0.15) is 5.56 Å². The lowest BCUT2D eigenvalue weighted by Gasteiger charge is -2.09. The molecule has 4 nitrogen and oxygen atoms in total. The van der Waals surface area contributed by atoms with Crippen molar-refractivity contribution in [3.05, 3.63) is 53.1 Å². The lowest BCUT2D eigenvalue weighted by Crippen LogP contribution is -2.12. The lowest BCUT2D eigenvalue weighted by molar-refractivity contribution is 0.477. The van der Waals surface area contributed by atoms with Crippen molar-refractivity contribution in [2.45, 2.75) is 0 Å². The van der Waals surface area contributed by atoms with Gasteiger partial charge in [-0.3, -0.25) is 10.4 Å². The summed E-state index contributed by atoms with van der Waals surface area (Å²) in [5.41, 5.74) is 5.82. The van der Waals surface area contributed by atoms with Crippen molar-refractivity contribution in [3.8, 4) is 11.5 Å². The Bertz CT molecular complexity index is 604. The van der Waals surface area contributed by atoms with Gasteiger partial charge in [0, 0.05) is 12.3 Å². The second-order valence-electron chi connectivity index (χ2n) is 3.46. The van der Waals surface area contributed by atoms with Crippen LogP contribution in [0.25, 0.3) is 0 Å². The SMILES string of the molecule is N=C(N)c1ccncc1Oc1ccc(F)c(Cl)c1. The summed E-state index contributed by atoms with van der Waals surface area (Å²) in [6.07, 6.45) is 2.93. The molecular formula is C12H9ClFN3O. The third kappa shape index (κ3) is 2.57. The Hall–Kier alpha value is -2.14. The van der Waals surface area contributed by atoms with E-state index in [2.05, 4.69) is 4.98 Å². The molecule has 1 aromatic heterocycles. The molecule has 0 aliphatic carbocycles. The van der Waals surface area contributed by atoms with Crippen LogP contribution in [0.4, 0.5) is 4.39 Å². The summed E-state index contributed by atoms with van der Waals surface area (Å²) in [4.78, 5) is 3.88. The fraction of sp³-hybridized carbons (Fsp3) is 0. The minimum atomic E-state index is -0.526. The van der Waals surface area contributed by atoms with Gasteiger partial charge in [-0.1, -0.05) is 11.6 Å². The van der Waals surface area contributed by atoms with Crippen molar-refractivity contribution in [2.24, 2.45) is 5.73 Å². The molecule has 2 rings (SSSR count). The van der Waals surface area contributed by atoms with Gasteiger partial charge in [-0.05, 0) is 18.2 Å². The van der Waals surface area contributed by atoms with Crippen molar-refractivity contribution in [2.75, 3.05) is 0 Å². The number of ether oxygens (including phenoxy) is 1. The number of amidine groups is 1. The Morgan fingerprint density at radius 1 is 1.39 bits per heavy atom. The first kappa shape index (κ1) is 12.3. The number of hydrogen-bond acceptors (Lipinski definition) is 3. The van der Waals surface area contributed by atoms with Gasteiger partial charge >= 0.3 is 0 Å². The summed E-state index contributed by atoms with van der Waals surface area (Å²) in [6.45, 7) is 0. The molecule has 1 aromatic carbocycles. The smallest absolute Gasteiger partial charge is 0.156 e.